The van der Waals surface area contributed by atoms with Crippen LogP contribution in [0.15, 0.2) is 11.6 Å². The van der Waals surface area contributed by atoms with Crippen LogP contribution in [0.4, 0.5) is 4.79 Å². The first-order valence-corrected chi connectivity index (χ1v) is 10.9. The Labute approximate surface area is 158 Å². The van der Waals surface area contributed by atoms with E-state index in [1.165, 1.54) is 51.4 Å². The van der Waals surface area contributed by atoms with Crippen LogP contribution in [0.1, 0.15) is 78.6 Å². The number of amides is 2. The number of carbonyl (C=O) groups excluding carboxylic acids is 1. The highest BCUT2D eigenvalue weighted by atomic mass is 16.2. The molecule has 0 saturated heterocycles. The first-order chi connectivity index (χ1) is 12.4. The van der Waals surface area contributed by atoms with Gasteiger partial charge in [-0.15, -0.1) is 0 Å². The van der Waals surface area contributed by atoms with Crippen molar-refractivity contribution in [3.05, 3.63) is 11.6 Å². The molecule has 4 aliphatic carbocycles. The van der Waals surface area contributed by atoms with Gasteiger partial charge in [0.2, 0.25) is 0 Å². The first kappa shape index (κ1) is 18.3. The highest BCUT2D eigenvalue weighted by Gasteiger charge is 2.60. The molecule has 0 aromatic carbocycles. The van der Waals surface area contributed by atoms with Crippen molar-refractivity contribution in [3.63, 3.8) is 0 Å². The molecule has 26 heavy (non-hydrogen) atoms. The van der Waals surface area contributed by atoms with Crippen molar-refractivity contribution in [3.8, 4) is 0 Å². The summed E-state index contributed by atoms with van der Waals surface area (Å²) >= 11 is 0. The lowest BCUT2D eigenvalue weighted by atomic mass is 9.44. The molecule has 2 amide bonds. The van der Waals surface area contributed by atoms with Crippen LogP contribution in [0.25, 0.3) is 0 Å². The first-order valence-electron chi connectivity index (χ1n) is 10.9. The zero-order chi connectivity index (χ0) is 18.5. The summed E-state index contributed by atoms with van der Waals surface area (Å²) in [4.78, 5) is 11.3. The zero-order valence-electron chi connectivity index (χ0n) is 16.8. The number of allylic oxidation sites excluding steroid dienone is 2. The van der Waals surface area contributed by atoms with Crippen molar-refractivity contribution in [1.82, 2.24) is 10.9 Å². The van der Waals surface area contributed by atoms with Gasteiger partial charge in [0, 0.05) is 6.04 Å². The molecule has 0 spiro atoms. The predicted molar refractivity (Wildman–Crippen MR) is 105 cm³/mol. The highest BCUT2D eigenvalue weighted by molar-refractivity contribution is 5.70. The Balaban J connectivity index is 1.61. The monoisotopic (exact) mass is 359 g/mol. The molecular formula is C22H37N3O. The molecule has 0 radical (unpaired) electrons. The van der Waals surface area contributed by atoms with Gasteiger partial charge < -0.3 is 5.73 Å². The molecule has 3 fully saturated rings. The number of rotatable bonds is 3. The van der Waals surface area contributed by atoms with Crippen LogP contribution >= 0.6 is 0 Å². The number of hydrogen-bond donors (Lipinski definition) is 3. The Hall–Kier alpha value is -1.03. The summed E-state index contributed by atoms with van der Waals surface area (Å²) in [5, 5.41) is 0. The van der Waals surface area contributed by atoms with E-state index < -0.39 is 6.03 Å². The second kappa shape index (κ2) is 6.54. The number of nitrogens with two attached hydrogens (primary N) is 1. The van der Waals surface area contributed by atoms with Gasteiger partial charge in [0.1, 0.15) is 0 Å². The Morgan fingerprint density at radius 3 is 2.73 bits per heavy atom. The number of carbonyl (C=O) groups is 1. The number of primary amides is 1. The van der Waals surface area contributed by atoms with E-state index in [1.54, 1.807) is 5.57 Å². The summed E-state index contributed by atoms with van der Waals surface area (Å²) in [6, 6.07) is -0.113. The topological polar surface area (TPSA) is 67.2 Å². The van der Waals surface area contributed by atoms with Gasteiger partial charge in [0.15, 0.2) is 0 Å². The largest absolute Gasteiger partial charge is 0.351 e. The Morgan fingerprint density at radius 2 is 2.00 bits per heavy atom. The van der Waals surface area contributed by atoms with Crippen LogP contribution < -0.4 is 16.6 Å². The quantitative estimate of drug-likeness (QED) is 0.512. The molecule has 0 aliphatic heterocycles. The van der Waals surface area contributed by atoms with Crippen molar-refractivity contribution in [1.29, 1.82) is 0 Å². The van der Waals surface area contributed by atoms with Gasteiger partial charge in [-0.2, -0.15) is 0 Å². The molecule has 2 unspecified atom stereocenters. The van der Waals surface area contributed by atoms with Crippen LogP contribution in [0, 0.1) is 34.5 Å². The lowest BCUT2D eigenvalue weighted by Gasteiger charge is -2.62. The number of nitrogens with one attached hydrogen (secondary N) is 2. The molecule has 3 saturated carbocycles. The molecule has 4 heteroatoms. The second-order valence-corrected chi connectivity index (χ2v) is 9.91. The summed E-state index contributed by atoms with van der Waals surface area (Å²) in [6.45, 7) is 7.41. The van der Waals surface area contributed by atoms with Gasteiger partial charge >= 0.3 is 6.03 Å². The Bertz CT molecular complexity index is 602. The summed E-state index contributed by atoms with van der Waals surface area (Å²) < 4.78 is 0. The van der Waals surface area contributed by atoms with Crippen molar-refractivity contribution < 1.29 is 4.79 Å². The summed E-state index contributed by atoms with van der Waals surface area (Å²) in [5.41, 5.74) is 13.9. The van der Waals surface area contributed by atoms with Crippen molar-refractivity contribution in [2.45, 2.75) is 84.6 Å². The molecular weight excluding hydrogens is 322 g/mol. The van der Waals surface area contributed by atoms with Gasteiger partial charge in [0.05, 0.1) is 0 Å². The molecule has 0 aromatic heterocycles. The molecule has 4 N–H and O–H groups in total. The van der Waals surface area contributed by atoms with Gasteiger partial charge in [0.25, 0.3) is 0 Å². The van der Waals surface area contributed by atoms with E-state index in [0.717, 1.165) is 30.1 Å². The third-order valence-corrected chi connectivity index (χ3v) is 9.25. The molecule has 7 atom stereocenters. The highest BCUT2D eigenvalue weighted by Crippen LogP contribution is 2.66. The fourth-order valence-corrected chi connectivity index (χ4v) is 7.94. The van der Waals surface area contributed by atoms with Crippen molar-refractivity contribution >= 4 is 6.03 Å². The van der Waals surface area contributed by atoms with Crippen LogP contribution in [-0.4, -0.2) is 12.1 Å². The standard InChI is InChI=1S/C22H37N3O/c1-4-14-9-11-17-16-10-8-15-6-5-7-19(24-25-20(23)26)22(15,3)18(16)12-13-21(14,17)2/h9,15-19,24H,4-8,10-13H2,1-3H3,(H3,23,25,26)/t15?,16-,17-,18-,19?,21+,22-/m0/s1. The average Bonchev–Trinajstić information content (AvgIpc) is 2.96. The molecule has 146 valence electrons. The van der Waals surface area contributed by atoms with Gasteiger partial charge in [-0.1, -0.05) is 38.8 Å². The smallest absolute Gasteiger partial charge is 0.326 e. The summed E-state index contributed by atoms with van der Waals surface area (Å²) in [5.74, 6) is 3.23. The predicted octanol–water partition coefficient (Wildman–Crippen LogP) is 4.52. The van der Waals surface area contributed by atoms with Crippen molar-refractivity contribution in [2.75, 3.05) is 0 Å². The zero-order valence-corrected chi connectivity index (χ0v) is 16.8. The minimum absolute atomic E-state index is 0.278. The lowest BCUT2D eigenvalue weighted by molar-refractivity contribution is -0.116. The van der Waals surface area contributed by atoms with Crippen LogP contribution in [0.5, 0.6) is 0 Å². The van der Waals surface area contributed by atoms with Gasteiger partial charge in [-0.05, 0) is 85.9 Å². The number of hydrogen-bond acceptors (Lipinski definition) is 2. The van der Waals surface area contributed by atoms with E-state index >= 15 is 0 Å². The molecule has 0 bridgehead atoms. The van der Waals surface area contributed by atoms with Crippen LogP contribution in [0.2, 0.25) is 0 Å². The number of urea groups is 1. The van der Waals surface area contributed by atoms with Crippen LogP contribution in [0.3, 0.4) is 0 Å². The Morgan fingerprint density at radius 1 is 1.19 bits per heavy atom. The fraction of sp³-hybridized carbons (Fsp3) is 0.864. The third-order valence-electron chi connectivity index (χ3n) is 9.25. The van der Waals surface area contributed by atoms with E-state index in [4.69, 9.17) is 5.73 Å². The Kier molecular flexibility index (Phi) is 4.61. The lowest BCUT2D eigenvalue weighted by Crippen LogP contribution is -2.63. The van der Waals surface area contributed by atoms with Crippen molar-refractivity contribution in [2.24, 2.45) is 40.2 Å². The molecule has 4 aliphatic rings. The average molecular weight is 360 g/mol. The molecule has 0 heterocycles. The van der Waals surface area contributed by atoms with E-state index in [9.17, 15) is 4.79 Å². The van der Waals surface area contributed by atoms with Gasteiger partial charge in [-0.25, -0.2) is 10.2 Å². The summed E-state index contributed by atoms with van der Waals surface area (Å²) in [6.07, 6.45) is 14.3. The van der Waals surface area contributed by atoms with Crippen LogP contribution in [-0.2, 0) is 0 Å². The number of fused-ring (bicyclic) bond motifs is 5. The SMILES string of the molecule is CCC1=CC[C@H]2[C@@H]3CCC4CCCC(NNC(N)=O)[C@]4(C)[C@H]3CC[C@]12C. The molecule has 4 nitrogen and oxygen atoms in total. The third kappa shape index (κ3) is 2.55. The van der Waals surface area contributed by atoms with E-state index in [1.807, 2.05) is 0 Å². The molecule has 0 aromatic rings. The maximum atomic E-state index is 11.3. The number of hydrazine groups is 1. The van der Waals surface area contributed by atoms with Gasteiger partial charge in [-0.3, -0.25) is 5.43 Å². The second-order valence-electron chi connectivity index (χ2n) is 9.91. The van der Waals surface area contributed by atoms with E-state index in [0.29, 0.717) is 11.5 Å². The fourth-order valence-electron chi connectivity index (χ4n) is 7.94. The minimum atomic E-state index is -0.466. The normalized spacial score (nSPS) is 47.3. The minimum Gasteiger partial charge on any atom is -0.351 e. The summed E-state index contributed by atoms with van der Waals surface area (Å²) in [7, 11) is 0. The van der Waals surface area contributed by atoms with E-state index in [-0.39, 0.29) is 5.41 Å². The molecule has 4 rings (SSSR count). The van der Waals surface area contributed by atoms with E-state index in [2.05, 4.69) is 37.7 Å². The maximum absolute atomic E-state index is 11.3. The maximum Gasteiger partial charge on any atom is 0.326 e.